The Balaban J connectivity index is 2.26. The number of hydrogen-bond acceptors (Lipinski definition) is 3. The molecule has 0 aliphatic heterocycles. The van der Waals surface area contributed by atoms with Crippen molar-refractivity contribution in [3.8, 4) is 0 Å². The minimum Gasteiger partial charge on any atom is -0.316 e. The van der Waals surface area contributed by atoms with Crippen LogP contribution in [0.4, 0.5) is 0 Å². The van der Waals surface area contributed by atoms with E-state index in [9.17, 15) is 0 Å². The first-order chi connectivity index (χ1) is 7.03. The van der Waals surface area contributed by atoms with Gasteiger partial charge in [0, 0.05) is 26.1 Å². The van der Waals surface area contributed by atoms with Crippen LogP contribution in [-0.2, 0) is 13.0 Å². The number of aryl methyl sites for hydroxylation is 1. The van der Waals surface area contributed by atoms with Gasteiger partial charge in [-0.05, 0) is 5.41 Å². The van der Waals surface area contributed by atoms with Crippen LogP contribution in [0.15, 0.2) is 6.33 Å². The zero-order chi connectivity index (χ0) is 11.3. The predicted molar refractivity (Wildman–Crippen MR) is 61.7 cm³/mol. The maximum atomic E-state index is 4.05. The molecule has 1 N–H and O–H groups in total. The monoisotopic (exact) mass is 210 g/mol. The number of hydrogen-bond donors (Lipinski definition) is 1. The van der Waals surface area contributed by atoms with Gasteiger partial charge in [0.15, 0.2) is 0 Å². The molecule has 0 radical (unpaired) electrons. The molecule has 15 heavy (non-hydrogen) atoms. The lowest BCUT2D eigenvalue weighted by atomic mass is 9.97. The van der Waals surface area contributed by atoms with Crippen LogP contribution >= 0.6 is 0 Å². The molecule has 0 aliphatic rings. The lowest BCUT2D eigenvalue weighted by Gasteiger charge is -2.18. The fraction of sp³-hybridized carbons (Fsp3) is 0.818. The minimum absolute atomic E-state index is 0.348. The second kappa shape index (κ2) is 5.26. The van der Waals surface area contributed by atoms with Gasteiger partial charge in [0.25, 0.3) is 0 Å². The second-order valence-electron chi connectivity index (χ2n) is 5.03. The lowest BCUT2D eigenvalue weighted by Crippen LogP contribution is -2.29. The molecule has 0 bridgehead atoms. The Morgan fingerprint density at radius 1 is 1.40 bits per heavy atom. The van der Waals surface area contributed by atoms with Gasteiger partial charge in [0.05, 0.1) is 0 Å². The van der Waals surface area contributed by atoms with E-state index >= 15 is 0 Å². The van der Waals surface area contributed by atoms with E-state index in [2.05, 4.69) is 47.8 Å². The van der Waals surface area contributed by atoms with E-state index < -0.39 is 0 Å². The standard InChI is InChI=1S/C11H22N4/c1-5-10-14-13-9-15(10)7-6-12-8-11(2,3)4/h9,12H,5-8H2,1-4H3. The normalized spacial score (nSPS) is 12.0. The third-order valence-electron chi connectivity index (χ3n) is 2.20. The van der Waals surface area contributed by atoms with Gasteiger partial charge in [0.2, 0.25) is 0 Å². The molecule has 0 aliphatic carbocycles. The zero-order valence-electron chi connectivity index (χ0n) is 10.2. The minimum atomic E-state index is 0.348. The van der Waals surface area contributed by atoms with Crippen LogP contribution in [0.1, 0.15) is 33.5 Å². The summed E-state index contributed by atoms with van der Waals surface area (Å²) < 4.78 is 2.11. The molecule has 0 spiro atoms. The van der Waals surface area contributed by atoms with E-state index in [1.54, 1.807) is 6.33 Å². The van der Waals surface area contributed by atoms with Gasteiger partial charge >= 0.3 is 0 Å². The van der Waals surface area contributed by atoms with Crippen molar-refractivity contribution in [2.45, 2.75) is 40.7 Å². The first kappa shape index (κ1) is 12.2. The van der Waals surface area contributed by atoms with E-state index in [-0.39, 0.29) is 0 Å². The topological polar surface area (TPSA) is 42.7 Å². The summed E-state index contributed by atoms with van der Waals surface area (Å²) in [7, 11) is 0. The molecule has 1 aromatic heterocycles. The molecular formula is C11H22N4. The van der Waals surface area contributed by atoms with Crippen molar-refractivity contribution < 1.29 is 0 Å². The molecule has 4 nitrogen and oxygen atoms in total. The largest absolute Gasteiger partial charge is 0.316 e. The summed E-state index contributed by atoms with van der Waals surface area (Å²) in [4.78, 5) is 0. The fourth-order valence-electron chi connectivity index (χ4n) is 1.40. The van der Waals surface area contributed by atoms with Crippen molar-refractivity contribution >= 4 is 0 Å². The first-order valence-electron chi connectivity index (χ1n) is 5.60. The fourth-order valence-corrected chi connectivity index (χ4v) is 1.40. The van der Waals surface area contributed by atoms with Crippen LogP contribution in [0, 0.1) is 5.41 Å². The zero-order valence-corrected chi connectivity index (χ0v) is 10.2. The van der Waals surface area contributed by atoms with Crippen LogP contribution in [-0.4, -0.2) is 27.9 Å². The maximum Gasteiger partial charge on any atom is 0.132 e. The number of aromatic nitrogens is 3. The second-order valence-corrected chi connectivity index (χ2v) is 5.03. The molecule has 0 aromatic carbocycles. The molecule has 4 heteroatoms. The number of nitrogens with one attached hydrogen (secondary N) is 1. The Hall–Kier alpha value is -0.900. The summed E-state index contributed by atoms with van der Waals surface area (Å²) in [6.45, 7) is 11.8. The summed E-state index contributed by atoms with van der Waals surface area (Å²) in [6, 6.07) is 0. The Morgan fingerprint density at radius 2 is 2.13 bits per heavy atom. The molecule has 1 rings (SSSR count). The highest BCUT2D eigenvalue weighted by Crippen LogP contribution is 2.09. The van der Waals surface area contributed by atoms with Crippen molar-refractivity contribution in [2.24, 2.45) is 5.41 Å². The van der Waals surface area contributed by atoms with E-state index in [1.165, 1.54) is 0 Å². The molecule has 1 heterocycles. The number of rotatable bonds is 5. The Labute approximate surface area is 92.1 Å². The quantitative estimate of drug-likeness (QED) is 0.748. The molecule has 1 aromatic rings. The SMILES string of the molecule is CCc1nncn1CCNCC(C)(C)C. The smallest absolute Gasteiger partial charge is 0.132 e. The average molecular weight is 210 g/mol. The predicted octanol–water partition coefficient (Wildman–Crippen LogP) is 1.48. The molecule has 0 atom stereocenters. The van der Waals surface area contributed by atoms with Gasteiger partial charge in [-0.3, -0.25) is 0 Å². The summed E-state index contributed by atoms with van der Waals surface area (Å²) >= 11 is 0. The summed E-state index contributed by atoms with van der Waals surface area (Å²) in [6.07, 6.45) is 2.75. The molecule has 0 unspecified atom stereocenters. The Morgan fingerprint density at radius 3 is 2.73 bits per heavy atom. The van der Waals surface area contributed by atoms with Crippen LogP contribution < -0.4 is 5.32 Å². The molecule has 86 valence electrons. The van der Waals surface area contributed by atoms with Gasteiger partial charge in [-0.25, -0.2) is 0 Å². The van der Waals surface area contributed by atoms with Crippen molar-refractivity contribution in [2.75, 3.05) is 13.1 Å². The van der Waals surface area contributed by atoms with Gasteiger partial charge in [-0.2, -0.15) is 0 Å². The van der Waals surface area contributed by atoms with Gasteiger partial charge in [-0.1, -0.05) is 27.7 Å². The van der Waals surface area contributed by atoms with E-state index in [0.29, 0.717) is 5.41 Å². The van der Waals surface area contributed by atoms with Crippen LogP contribution in [0.2, 0.25) is 0 Å². The third kappa shape index (κ3) is 4.42. The Bertz CT molecular complexity index is 285. The maximum absolute atomic E-state index is 4.05. The van der Waals surface area contributed by atoms with Crippen LogP contribution in [0.5, 0.6) is 0 Å². The van der Waals surface area contributed by atoms with E-state index in [4.69, 9.17) is 0 Å². The number of nitrogens with zero attached hydrogens (tertiary/aromatic N) is 3. The molecule has 0 amide bonds. The summed E-state index contributed by atoms with van der Waals surface area (Å²) in [5.74, 6) is 1.06. The van der Waals surface area contributed by atoms with Gasteiger partial charge in [-0.15, -0.1) is 10.2 Å². The van der Waals surface area contributed by atoms with Crippen molar-refractivity contribution in [3.63, 3.8) is 0 Å². The molecule has 0 fully saturated rings. The van der Waals surface area contributed by atoms with E-state index in [1.807, 2.05) is 0 Å². The molecule has 0 saturated carbocycles. The average Bonchev–Trinajstić information content (AvgIpc) is 2.58. The first-order valence-corrected chi connectivity index (χ1v) is 5.60. The van der Waals surface area contributed by atoms with Crippen LogP contribution in [0.3, 0.4) is 0 Å². The highest BCUT2D eigenvalue weighted by atomic mass is 15.3. The van der Waals surface area contributed by atoms with Crippen molar-refractivity contribution in [1.29, 1.82) is 0 Å². The highest BCUT2D eigenvalue weighted by molar-refractivity contribution is 4.84. The van der Waals surface area contributed by atoms with Gasteiger partial charge < -0.3 is 9.88 Å². The van der Waals surface area contributed by atoms with E-state index in [0.717, 1.165) is 31.9 Å². The lowest BCUT2D eigenvalue weighted by molar-refractivity contribution is 0.375. The van der Waals surface area contributed by atoms with Gasteiger partial charge in [0.1, 0.15) is 12.2 Å². The molecular weight excluding hydrogens is 188 g/mol. The van der Waals surface area contributed by atoms with Crippen LogP contribution in [0.25, 0.3) is 0 Å². The molecule has 0 saturated heterocycles. The summed E-state index contributed by atoms with van der Waals surface area (Å²) in [5.41, 5.74) is 0.348. The highest BCUT2D eigenvalue weighted by Gasteiger charge is 2.08. The summed E-state index contributed by atoms with van der Waals surface area (Å²) in [5, 5.41) is 11.4. The van der Waals surface area contributed by atoms with Crippen molar-refractivity contribution in [3.05, 3.63) is 12.2 Å². The Kier molecular flexibility index (Phi) is 4.27. The van der Waals surface area contributed by atoms with Crippen molar-refractivity contribution in [1.82, 2.24) is 20.1 Å². The third-order valence-corrected chi connectivity index (χ3v) is 2.20.